The van der Waals surface area contributed by atoms with E-state index in [1.54, 1.807) is 28.9 Å². The molecular formula is C16H19BrN2O3. The summed E-state index contributed by atoms with van der Waals surface area (Å²) in [5.41, 5.74) is 0.959. The molecule has 1 aromatic carbocycles. The summed E-state index contributed by atoms with van der Waals surface area (Å²) in [5.74, 6) is -0.0424. The molecule has 2 amide bonds. The van der Waals surface area contributed by atoms with Gasteiger partial charge in [-0.3, -0.25) is 4.79 Å². The first-order valence-electron chi connectivity index (χ1n) is 7.25. The van der Waals surface area contributed by atoms with Gasteiger partial charge in [0.25, 0.3) is 0 Å². The van der Waals surface area contributed by atoms with Crippen LogP contribution in [0.1, 0.15) is 12.5 Å². The Kier molecular flexibility index (Phi) is 6.00. The van der Waals surface area contributed by atoms with Gasteiger partial charge in [-0.25, -0.2) is 4.79 Å². The highest BCUT2D eigenvalue weighted by Crippen LogP contribution is 2.17. The van der Waals surface area contributed by atoms with Crippen LogP contribution < -0.4 is 0 Å². The zero-order valence-electron chi connectivity index (χ0n) is 12.5. The van der Waals surface area contributed by atoms with Gasteiger partial charge in [0.15, 0.2) is 0 Å². The third kappa shape index (κ3) is 4.34. The number of rotatable bonds is 3. The first-order chi connectivity index (χ1) is 10.6. The van der Waals surface area contributed by atoms with Gasteiger partial charge in [0, 0.05) is 36.7 Å². The number of benzene rings is 1. The molecule has 1 aromatic rings. The summed E-state index contributed by atoms with van der Waals surface area (Å²) in [4.78, 5) is 27.1. The van der Waals surface area contributed by atoms with Crippen LogP contribution in [0.5, 0.6) is 0 Å². The number of carbonyl (C=O) groups excluding carboxylic acids is 2. The molecule has 1 fully saturated rings. The number of nitrogens with zero attached hydrogens (tertiary/aromatic N) is 2. The molecule has 0 aromatic heterocycles. The van der Waals surface area contributed by atoms with Gasteiger partial charge in [-0.1, -0.05) is 34.1 Å². The first-order valence-corrected chi connectivity index (χ1v) is 8.04. The van der Waals surface area contributed by atoms with Crippen molar-refractivity contribution in [2.24, 2.45) is 0 Å². The van der Waals surface area contributed by atoms with Crippen molar-refractivity contribution in [2.45, 2.75) is 6.92 Å². The van der Waals surface area contributed by atoms with E-state index in [1.165, 1.54) is 0 Å². The van der Waals surface area contributed by atoms with E-state index in [0.717, 1.165) is 10.0 Å². The molecule has 5 nitrogen and oxygen atoms in total. The molecule has 118 valence electrons. The average Bonchev–Trinajstić information content (AvgIpc) is 2.54. The summed E-state index contributed by atoms with van der Waals surface area (Å²) in [6.07, 6.45) is 3.06. The standard InChI is InChI=1S/C16H19BrN2O3/c1-2-22-16(21)19-11-9-18(10-12-19)15(20)8-7-13-5-3-4-6-14(13)17/h3-8H,2,9-12H2,1H3/b8-7+. The molecule has 1 aliphatic rings. The summed E-state index contributed by atoms with van der Waals surface area (Å²) >= 11 is 3.45. The quantitative estimate of drug-likeness (QED) is 0.772. The van der Waals surface area contributed by atoms with Gasteiger partial charge >= 0.3 is 6.09 Å². The van der Waals surface area contributed by atoms with Crippen LogP contribution in [-0.2, 0) is 9.53 Å². The van der Waals surface area contributed by atoms with Gasteiger partial charge in [-0.2, -0.15) is 0 Å². The van der Waals surface area contributed by atoms with Gasteiger partial charge in [0.2, 0.25) is 5.91 Å². The second-order valence-electron chi connectivity index (χ2n) is 4.87. The Hall–Kier alpha value is -1.82. The predicted octanol–water partition coefficient (Wildman–Crippen LogP) is 2.76. The zero-order chi connectivity index (χ0) is 15.9. The summed E-state index contributed by atoms with van der Waals surface area (Å²) in [6, 6.07) is 7.72. The Bertz CT molecular complexity index is 566. The number of halogens is 1. The fraction of sp³-hybridized carbons (Fsp3) is 0.375. The van der Waals surface area contributed by atoms with Crippen LogP contribution in [0.25, 0.3) is 6.08 Å². The molecule has 0 unspecified atom stereocenters. The van der Waals surface area contributed by atoms with E-state index in [2.05, 4.69) is 15.9 Å². The van der Waals surface area contributed by atoms with Crippen LogP contribution in [0, 0.1) is 0 Å². The Morgan fingerprint density at radius 2 is 1.82 bits per heavy atom. The van der Waals surface area contributed by atoms with Crippen molar-refractivity contribution in [1.82, 2.24) is 9.80 Å². The van der Waals surface area contributed by atoms with Crippen molar-refractivity contribution in [3.05, 3.63) is 40.4 Å². The number of hydrogen-bond acceptors (Lipinski definition) is 3. The number of piperazine rings is 1. The topological polar surface area (TPSA) is 49.9 Å². The highest BCUT2D eigenvalue weighted by atomic mass is 79.9. The summed E-state index contributed by atoms with van der Waals surface area (Å²) in [7, 11) is 0. The van der Waals surface area contributed by atoms with E-state index >= 15 is 0 Å². The van der Waals surface area contributed by atoms with Crippen molar-refractivity contribution in [3.63, 3.8) is 0 Å². The summed E-state index contributed by atoms with van der Waals surface area (Å²) in [5, 5.41) is 0. The van der Waals surface area contributed by atoms with E-state index in [1.807, 2.05) is 24.3 Å². The largest absolute Gasteiger partial charge is 0.450 e. The molecule has 0 spiro atoms. The lowest BCUT2D eigenvalue weighted by Crippen LogP contribution is -2.50. The number of carbonyl (C=O) groups is 2. The highest BCUT2D eigenvalue weighted by molar-refractivity contribution is 9.10. The summed E-state index contributed by atoms with van der Waals surface area (Å²) < 4.78 is 5.91. The maximum atomic E-state index is 12.2. The fourth-order valence-corrected chi connectivity index (χ4v) is 2.62. The molecule has 0 bridgehead atoms. The number of ether oxygens (including phenoxy) is 1. The lowest BCUT2D eigenvalue weighted by atomic mass is 10.2. The minimum atomic E-state index is -0.307. The van der Waals surface area contributed by atoms with Crippen LogP contribution in [0.4, 0.5) is 4.79 Å². The molecule has 6 heteroatoms. The fourth-order valence-electron chi connectivity index (χ4n) is 2.20. The maximum absolute atomic E-state index is 12.2. The second kappa shape index (κ2) is 7.98. The third-order valence-electron chi connectivity index (χ3n) is 3.43. The van der Waals surface area contributed by atoms with Crippen molar-refractivity contribution in [2.75, 3.05) is 32.8 Å². The van der Waals surface area contributed by atoms with Crippen molar-refractivity contribution < 1.29 is 14.3 Å². The molecule has 0 radical (unpaired) electrons. The van der Waals surface area contributed by atoms with Crippen molar-refractivity contribution >= 4 is 34.0 Å². The van der Waals surface area contributed by atoms with Gasteiger partial charge in [-0.15, -0.1) is 0 Å². The van der Waals surface area contributed by atoms with Crippen LogP contribution in [0.15, 0.2) is 34.8 Å². The first kappa shape index (κ1) is 16.5. The molecule has 22 heavy (non-hydrogen) atoms. The van der Waals surface area contributed by atoms with E-state index < -0.39 is 0 Å². The van der Waals surface area contributed by atoms with Crippen molar-refractivity contribution in [1.29, 1.82) is 0 Å². The highest BCUT2D eigenvalue weighted by Gasteiger charge is 2.23. The molecule has 2 rings (SSSR count). The third-order valence-corrected chi connectivity index (χ3v) is 4.15. The Morgan fingerprint density at radius 1 is 1.18 bits per heavy atom. The number of hydrogen-bond donors (Lipinski definition) is 0. The lowest BCUT2D eigenvalue weighted by molar-refractivity contribution is -0.127. The predicted molar refractivity (Wildman–Crippen MR) is 88.4 cm³/mol. The van der Waals surface area contributed by atoms with Crippen molar-refractivity contribution in [3.8, 4) is 0 Å². The monoisotopic (exact) mass is 366 g/mol. The molecule has 1 aliphatic heterocycles. The molecule has 0 atom stereocenters. The average molecular weight is 367 g/mol. The SMILES string of the molecule is CCOC(=O)N1CCN(C(=O)/C=C/c2ccccc2Br)CC1. The lowest BCUT2D eigenvalue weighted by Gasteiger charge is -2.33. The molecule has 0 saturated carbocycles. The Morgan fingerprint density at radius 3 is 2.45 bits per heavy atom. The molecule has 0 aliphatic carbocycles. The molecule has 1 heterocycles. The van der Waals surface area contributed by atoms with Gasteiger partial charge < -0.3 is 14.5 Å². The van der Waals surface area contributed by atoms with Crippen LogP contribution in [0.2, 0.25) is 0 Å². The van der Waals surface area contributed by atoms with Gasteiger partial charge in [-0.05, 0) is 24.6 Å². The van der Waals surface area contributed by atoms with E-state index in [0.29, 0.717) is 32.8 Å². The Balaban J connectivity index is 1.88. The smallest absolute Gasteiger partial charge is 0.409 e. The molecule has 0 N–H and O–H groups in total. The molecule has 1 saturated heterocycles. The van der Waals surface area contributed by atoms with Gasteiger partial charge in [0.1, 0.15) is 0 Å². The zero-order valence-corrected chi connectivity index (χ0v) is 14.1. The minimum Gasteiger partial charge on any atom is -0.450 e. The normalized spacial score (nSPS) is 15.2. The van der Waals surface area contributed by atoms with Gasteiger partial charge in [0.05, 0.1) is 6.61 Å². The minimum absolute atomic E-state index is 0.0424. The van der Waals surface area contributed by atoms with Crippen LogP contribution in [0.3, 0.4) is 0 Å². The molecular weight excluding hydrogens is 348 g/mol. The van der Waals surface area contributed by atoms with Crippen LogP contribution in [-0.4, -0.2) is 54.6 Å². The Labute approximate surface area is 138 Å². The van der Waals surface area contributed by atoms with E-state index in [9.17, 15) is 9.59 Å². The van der Waals surface area contributed by atoms with E-state index in [-0.39, 0.29) is 12.0 Å². The summed E-state index contributed by atoms with van der Waals surface area (Å²) in [6.45, 7) is 4.22. The maximum Gasteiger partial charge on any atom is 0.409 e. The van der Waals surface area contributed by atoms with E-state index in [4.69, 9.17) is 4.74 Å². The second-order valence-corrected chi connectivity index (χ2v) is 5.72. The van der Waals surface area contributed by atoms with Crippen LogP contribution >= 0.6 is 15.9 Å². The number of amides is 2.